The summed E-state index contributed by atoms with van der Waals surface area (Å²) < 4.78 is 2.03. The van der Waals surface area contributed by atoms with Crippen LogP contribution in [0.5, 0.6) is 0 Å². The van der Waals surface area contributed by atoms with Gasteiger partial charge in [-0.3, -0.25) is 4.68 Å². The molecule has 3 nitrogen and oxygen atoms in total. The van der Waals surface area contributed by atoms with Gasteiger partial charge in [-0.05, 0) is 48.6 Å². The first-order valence-electron chi connectivity index (χ1n) is 7.19. The maximum Gasteiger partial charge on any atom is 0.0762 e. The van der Waals surface area contributed by atoms with Crippen LogP contribution in [0, 0.1) is 0 Å². The van der Waals surface area contributed by atoms with Gasteiger partial charge in [-0.2, -0.15) is 5.10 Å². The summed E-state index contributed by atoms with van der Waals surface area (Å²) in [5.74, 6) is 0. The van der Waals surface area contributed by atoms with Gasteiger partial charge in [-0.15, -0.1) is 0 Å². The molecule has 1 aromatic carbocycles. The van der Waals surface area contributed by atoms with Gasteiger partial charge in [0.1, 0.15) is 0 Å². The number of nitrogens with one attached hydrogen (secondary N) is 1. The number of fused-ring (bicyclic) bond motifs is 1. The Hall–Kier alpha value is -1.61. The largest absolute Gasteiger partial charge is 0.311 e. The first-order valence-corrected chi connectivity index (χ1v) is 7.19. The molecule has 2 aromatic rings. The molecular weight excluding hydrogens is 234 g/mol. The zero-order valence-corrected chi connectivity index (χ0v) is 11.5. The average molecular weight is 255 g/mol. The van der Waals surface area contributed by atoms with Crippen LogP contribution in [0.15, 0.2) is 30.5 Å². The van der Waals surface area contributed by atoms with Crippen LogP contribution in [-0.4, -0.2) is 16.3 Å². The molecule has 1 N–H and O–H groups in total. The highest BCUT2D eigenvalue weighted by Crippen LogP contribution is 2.23. The summed E-state index contributed by atoms with van der Waals surface area (Å²) in [5.41, 5.74) is 5.55. The van der Waals surface area contributed by atoms with Crippen molar-refractivity contribution < 1.29 is 0 Å². The van der Waals surface area contributed by atoms with Crippen molar-refractivity contribution in [1.29, 1.82) is 0 Å². The third kappa shape index (κ3) is 2.87. The van der Waals surface area contributed by atoms with Gasteiger partial charge in [0.2, 0.25) is 0 Å². The van der Waals surface area contributed by atoms with Gasteiger partial charge in [0.15, 0.2) is 0 Å². The van der Waals surface area contributed by atoms with Crippen LogP contribution in [0.4, 0.5) is 0 Å². The van der Waals surface area contributed by atoms with Crippen molar-refractivity contribution in [2.75, 3.05) is 6.54 Å². The molecule has 1 aliphatic rings. The molecule has 0 unspecified atom stereocenters. The zero-order chi connectivity index (χ0) is 13.1. The molecule has 0 saturated heterocycles. The monoisotopic (exact) mass is 255 g/mol. The number of rotatable bonds is 5. The molecule has 1 aliphatic carbocycles. The summed E-state index contributed by atoms with van der Waals surface area (Å²) >= 11 is 0. The molecule has 100 valence electrons. The molecule has 0 atom stereocenters. The molecule has 0 aliphatic heterocycles. The van der Waals surface area contributed by atoms with Gasteiger partial charge in [0, 0.05) is 12.7 Å². The summed E-state index contributed by atoms with van der Waals surface area (Å²) in [6.07, 6.45) is 5.88. The molecule has 19 heavy (non-hydrogen) atoms. The fraction of sp³-hybridized carbons (Fsp3) is 0.438. The van der Waals surface area contributed by atoms with Crippen LogP contribution in [0.25, 0.3) is 0 Å². The first-order chi connectivity index (χ1) is 9.35. The number of aromatic nitrogens is 2. The standard InChI is InChI=1S/C16H21N3/c1-2-17-11-16-8-9-19(18-16)12-13-6-7-14-4-3-5-15(14)10-13/h6-10,17H,2-5,11-12H2,1H3. The summed E-state index contributed by atoms with van der Waals surface area (Å²) in [4.78, 5) is 0. The molecule has 3 rings (SSSR count). The quantitative estimate of drug-likeness (QED) is 0.889. The molecule has 0 spiro atoms. The lowest BCUT2D eigenvalue weighted by atomic mass is 10.1. The van der Waals surface area contributed by atoms with Crippen molar-refractivity contribution >= 4 is 0 Å². The van der Waals surface area contributed by atoms with Crippen LogP contribution in [-0.2, 0) is 25.9 Å². The van der Waals surface area contributed by atoms with Crippen LogP contribution < -0.4 is 5.32 Å². The summed E-state index contributed by atoms with van der Waals surface area (Å²) in [6, 6.07) is 8.99. The van der Waals surface area contributed by atoms with E-state index in [1.807, 2.05) is 4.68 Å². The second kappa shape index (κ2) is 5.57. The minimum absolute atomic E-state index is 0.855. The van der Waals surface area contributed by atoms with Gasteiger partial charge >= 0.3 is 0 Å². The number of benzene rings is 1. The van der Waals surface area contributed by atoms with Crippen molar-refractivity contribution in [3.05, 3.63) is 52.8 Å². The Labute approximate surface area is 114 Å². The summed E-state index contributed by atoms with van der Waals surface area (Å²) in [6.45, 7) is 4.83. The lowest BCUT2D eigenvalue weighted by Crippen LogP contribution is -2.12. The molecule has 0 saturated carbocycles. The lowest BCUT2D eigenvalue weighted by Gasteiger charge is -2.05. The van der Waals surface area contributed by atoms with E-state index < -0.39 is 0 Å². The van der Waals surface area contributed by atoms with E-state index >= 15 is 0 Å². The number of aryl methyl sites for hydroxylation is 2. The Morgan fingerprint density at radius 1 is 1.21 bits per heavy atom. The third-order valence-electron chi connectivity index (χ3n) is 3.76. The minimum Gasteiger partial charge on any atom is -0.311 e. The van der Waals surface area contributed by atoms with E-state index in [0.29, 0.717) is 0 Å². The van der Waals surface area contributed by atoms with Crippen LogP contribution in [0.1, 0.15) is 35.7 Å². The molecule has 1 aromatic heterocycles. The van der Waals surface area contributed by atoms with Gasteiger partial charge in [0.25, 0.3) is 0 Å². The first kappa shape index (κ1) is 12.4. The molecular formula is C16H21N3. The Kier molecular flexibility index (Phi) is 3.65. The minimum atomic E-state index is 0.855. The van der Waals surface area contributed by atoms with Crippen molar-refractivity contribution in [1.82, 2.24) is 15.1 Å². The molecule has 0 fully saturated rings. The van der Waals surface area contributed by atoms with Crippen LogP contribution >= 0.6 is 0 Å². The van der Waals surface area contributed by atoms with E-state index in [-0.39, 0.29) is 0 Å². The fourth-order valence-electron chi connectivity index (χ4n) is 2.75. The molecule has 0 bridgehead atoms. The molecule has 3 heteroatoms. The maximum atomic E-state index is 4.59. The van der Waals surface area contributed by atoms with Crippen LogP contribution in [0.3, 0.4) is 0 Å². The van der Waals surface area contributed by atoms with Crippen molar-refractivity contribution in [2.24, 2.45) is 0 Å². The van der Waals surface area contributed by atoms with E-state index in [2.05, 4.69) is 47.8 Å². The van der Waals surface area contributed by atoms with Gasteiger partial charge in [0.05, 0.1) is 12.2 Å². The SMILES string of the molecule is CCNCc1ccn(Cc2ccc3c(c2)CCC3)n1. The predicted octanol–water partition coefficient (Wildman–Crippen LogP) is 2.53. The number of hydrogen-bond donors (Lipinski definition) is 1. The average Bonchev–Trinajstić information content (AvgIpc) is 3.05. The second-order valence-electron chi connectivity index (χ2n) is 5.24. The molecule has 1 heterocycles. The van der Waals surface area contributed by atoms with E-state index in [4.69, 9.17) is 0 Å². The van der Waals surface area contributed by atoms with Gasteiger partial charge in [-0.25, -0.2) is 0 Å². The zero-order valence-electron chi connectivity index (χ0n) is 11.5. The Bertz CT molecular complexity index is 557. The highest BCUT2D eigenvalue weighted by molar-refractivity contribution is 5.35. The smallest absolute Gasteiger partial charge is 0.0762 e. The topological polar surface area (TPSA) is 29.9 Å². The summed E-state index contributed by atoms with van der Waals surface area (Å²) in [7, 11) is 0. The Morgan fingerprint density at radius 3 is 3.00 bits per heavy atom. The second-order valence-corrected chi connectivity index (χ2v) is 5.24. The van der Waals surface area contributed by atoms with E-state index in [1.165, 1.54) is 36.0 Å². The van der Waals surface area contributed by atoms with Gasteiger partial charge in [-0.1, -0.05) is 25.1 Å². The highest BCUT2D eigenvalue weighted by Gasteiger charge is 2.10. The fourth-order valence-corrected chi connectivity index (χ4v) is 2.75. The number of nitrogens with zero attached hydrogens (tertiary/aromatic N) is 2. The van der Waals surface area contributed by atoms with Crippen molar-refractivity contribution in [3.63, 3.8) is 0 Å². The van der Waals surface area contributed by atoms with E-state index in [9.17, 15) is 0 Å². The third-order valence-corrected chi connectivity index (χ3v) is 3.76. The normalized spacial score (nSPS) is 13.7. The lowest BCUT2D eigenvalue weighted by molar-refractivity contribution is 0.644. The molecule has 0 amide bonds. The van der Waals surface area contributed by atoms with E-state index in [0.717, 1.165) is 25.3 Å². The molecule has 0 radical (unpaired) electrons. The van der Waals surface area contributed by atoms with E-state index in [1.54, 1.807) is 0 Å². The van der Waals surface area contributed by atoms with Crippen molar-refractivity contribution in [2.45, 2.75) is 39.3 Å². The Balaban J connectivity index is 1.69. The summed E-state index contributed by atoms with van der Waals surface area (Å²) in [5, 5.41) is 7.89. The highest BCUT2D eigenvalue weighted by atomic mass is 15.3. The van der Waals surface area contributed by atoms with Gasteiger partial charge < -0.3 is 5.32 Å². The Morgan fingerprint density at radius 2 is 2.11 bits per heavy atom. The number of hydrogen-bond acceptors (Lipinski definition) is 2. The van der Waals surface area contributed by atoms with Crippen molar-refractivity contribution in [3.8, 4) is 0 Å². The van der Waals surface area contributed by atoms with Crippen LogP contribution in [0.2, 0.25) is 0 Å². The maximum absolute atomic E-state index is 4.59. The predicted molar refractivity (Wildman–Crippen MR) is 77.2 cm³/mol.